The van der Waals surface area contributed by atoms with Crippen LogP contribution >= 0.6 is 12.4 Å². The molecule has 1 aliphatic rings. The number of halogens is 4. The fraction of sp³-hybridized carbons (Fsp3) is 0.500. The van der Waals surface area contributed by atoms with Crippen LogP contribution in [-0.2, 0) is 17.4 Å². The molecule has 1 aromatic carbocycles. The number of carbonyl (C=O) groups excluding carboxylic acids is 1. The minimum Gasteiger partial charge on any atom is -0.391 e. The number of hydrogen-bond donors (Lipinski definition) is 3. The molecule has 0 saturated carbocycles. The Labute approximate surface area is 132 Å². The fourth-order valence-corrected chi connectivity index (χ4v) is 2.36. The summed E-state index contributed by atoms with van der Waals surface area (Å²) in [6, 6.07) is 5.04. The van der Waals surface area contributed by atoms with E-state index in [0.717, 1.165) is 6.07 Å². The van der Waals surface area contributed by atoms with Crippen LogP contribution in [0.1, 0.15) is 11.1 Å². The van der Waals surface area contributed by atoms with Crippen LogP contribution < -0.4 is 10.6 Å². The first-order chi connectivity index (χ1) is 9.88. The van der Waals surface area contributed by atoms with Crippen molar-refractivity contribution in [2.45, 2.75) is 18.7 Å². The van der Waals surface area contributed by atoms with E-state index in [0.29, 0.717) is 13.1 Å². The molecule has 0 aromatic heterocycles. The molecule has 2 unspecified atom stereocenters. The molecule has 1 aliphatic heterocycles. The molecule has 0 bridgehead atoms. The van der Waals surface area contributed by atoms with Gasteiger partial charge in [0.15, 0.2) is 0 Å². The van der Waals surface area contributed by atoms with E-state index >= 15 is 0 Å². The summed E-state index contributed by atoms with van der Waals surface area (Å²) in [5.41, 5.74) is -0.838. The molecule has 1 saturated heterocycles. The Morgan fingerprint density at radius 1 is 1.32 bits per heavy atom. The van der Waals surface area contributed by atoms with Crippen molar-refractivity contribution in [3.63, 3.8) is 0 Å². The molecule has 2 rings (SSSR count). The number of benzene rings is 1. The molecule has 3 N–H and O–H groups in total. The zero-order valence-corrected chi connectivity index (χ0v) is 12.5. The Kier molecular flexibility index (Phi) is 6.65. The summed E-state index contributed by atoms with van der Waals surface area (Å²) in [5.74, 6) is -0.586. The summed E-state index contributed by atoms with van der Waals surface area (Å²) in [7, 11) is 0. The van der Waals surface area contributed by atoms with Crippen molar-refractivity contribution in [3.8, 4) is 0 Å². The third kappa shape index (κ3) is 4.86. The predicted molar refractivity (Wildman–Crippen MR) is 77.8 cm³/mol. The van der Waals surface area contributed by atoms with Gasteiger partial charge in [-0.3, -0.25) is 4.79 Å². The number of aliphatic hydroxyl groups excluding tert-OH is 1. The largest absolute Gasteiger partial charge is 0.416 e. The van der Waals surface area contributed by atoms with Gasteiger partial charge < -0.3 is 15.7 Å². The lowest BCUT2D eigenvalue weighted by molar-refractivity contribution is -0.138. The van der Waals surface area contributed by atoms with Crippen LogP contribution in [0.4, 0.5) is 13.2 Å². The van der Waals surface area contributed by atoms with E-state index in [1.807, 2.05) is 0 Å². The van der Waals surface area contributed by atoms with Crippen molar-refractivity contribution in [1.29, 1.82) is 0 Å². The summed E-state index contributed by atoms with van der Waals surface area (Å²) in [4.78, 5) is 11.8. The highest BCUT2D eigenvalue weighted by molar-refractivity contribution is 5.85. The van der Waals surface area contributed by atoms with Gasteiger partial charge in [-0.2, -0.15) is 13.2 Å². The molecule has 22 heavy (non-hydrogen) atoms. The van der Waals surface area contributed by atoms with Gasteiger partial charge in [0, 0.05) is 25.6 Å². The molecule has 1 heterocycles. The summed E-state index contributed by atoms with van der Waals surface area (Å²) in [5, 5.41) is 15.1. The highest BCUT2D eigenvalue weighted by atomic mass is 35.5. The average molecular weight is 339 g/mol. The maximum absolute atomic E-state index is 12.8. The lowest BCUT2D eigenvalue weighted by Crippen LogP contribution is -2.35. The average Bonchev–Trinajstić information content (AvgIpc) is 2.81. The van der Waals surface area contributed by atoms with Crippen molar-refractivity contribution in [1.82, 2.24) is 10.6 Å². The van der Waals surface area contributed by atoms with Gasteiger partial charge in [0.2, 0.25) is 5.91 Å². The number of amides is 1. The molecule has 124 valence electrons. The highest BCUT2D eigenvalue weighted by Gasteiger charge is 2.33. The molecule has 0 aliphatic carbocycles. The van der Waals surface area contributed by atoms with Crippen LogP contribution in [0.25, 0.3) is 0 Å². The van der Waals surface area contributed by atoms with E-state index in [1.165, 1.54) is 18.2 Å². The number of β-amino-alcohol motifs (C(OH)–C–C–N with tert-alkyl or cyclic N) is 1. The van der Waals surface area contributed by atoms with Crippen molar-refractivity contribution in [2.75, 3.05) is 19.6 Å². The molecule has 4 nitrogen and oxygen atoms in total. The zero-order valence-electron chi connectivity index (χ0n) is 11.7. The van der Waals surface area contributed by atoms with Gasteiger partial charge in [-0.25, -0.2) is 0 Å². The standard InChI is InChI=1S/C14H17F3N2O2.ClH/c15-14(16,17)11-4-2-1-3-9(11)5-13(21)19-7-10-6-18-8-12(10)20;/h1-4,10,12,18,20H,5-8H2,(H,19,21);1H. The lowest BCUT2D eigenvalue weighted by atomic mass is 10.0. The first-order valence-corrected chi connectivity index (χ1v) is 6.68. The zero-order chi connectivity index (χ0) is 15.5. The van der Waals surface area contributed by atoms with E-state index in [1.54, 1.807) is 0 Å². The van der Waals surface area contributed by atoms with Gasteiger partial charge >= 0.3 is 6.18 Å². The summed E-state index contributed by atoms with van der Waals surface area (Å²) >= 11 is 0. The van der Waals surface area contributed by atoms with E-state index in [4.69, 9.17) is 0 Å². The maximum atomic E-state index is 12.8. The second-order valence-corrected chi connectivity index (χ2v) is 5.12. The van der Waals surface area contributed by atoms with Crippen LogP contribution in [0.2, 0.25) is 0 Å². The van der Waals surface area contributed by atoms with Crippen LogP contribution in [0.5, 0.6) is 0 Å². The number of carbonyl (C=O) groups is 1. The van der Waals surface area contributed by atoms with E-state index < -0.39 is 23.8 Å². The third-order valence-corrected chi connectivity index (χ3v) is 3.54. The van der Waals surface area contributed by atoms with Crippen molar-refractivity contribution in [3.05, 3.63) is 35.4 Å². The SMILES string of the molecule is Cl.O=C(Cc1ccccc1C(F)(F)F)NCC1CNCC1O. The van der Waals surface area contributed by atoms with Gasteiger partial charge in [0.05, 0.1) is 18.1 Å². The van der Waals surface area contributed by atoms with Gasteiger partial charge in [0.1, 0.15) is 0 Å². The van der Waals surface area contributed by atoms with Gasteiger partial charge in [-0.1, -0.05) is 18.2 Å². The van der Waals surface area contributed by atoms with Crippen LogP contribution in [0.3, 0.4) is 0 Å². The molecular formula is C14H18ClF3N2O2. The number of alkyl halides is 3. The summed E-state index contributed by atoms with van der Waals surface area (Å²) in [6.45, 7) is 1.30. The molecule has 0 radical (unpaired) electrons. The van der Waals surface area contributed by atoms with Crippen LogP contribution in [0.15, 0.2) is 24.3 Å². The number of rotatable bonds is 4. The maximum Gasteiger partial charge on any atom is 0.416 e. The minimum absolute atomic E-state index is 0. The molecular weight excluding hydrogens is 321 g/mol. The fourth-order valence-electron chi connectivity index (χ4n) is 2.36. The first kappa shape index (κ1) is 18.7. The van der Waals surface area contributed by atoms with E-state index in [2.05, 4.69) is 10.6 Å². The van der Waals surface area contributed by atoms with Crippen LogP contribution in [0, 0.1) is 5.92 Å². The third-order valence-electron chi connectivity index (χ3n) is 3.54. The monoisotopic (exact) mass is 338 g/mol. The quantitative estimate of drug-likeness (QED) is 0.777. The topological polar surface area (TPSA) is 61.4 Å². The number of nitrogens with one attached hydrogen (secondary N) is 2. The Bertz CT molecular complexity index is 511. The smallest absolute Gasteiger partial charge is 0.391 e. The van der Waals surface area contributed by atoms with Gasteiger partial charge in [-0.05, 0) is 11.6 Å². The number of aliphatic hydroxyl groups is 1. The van der Waals surface area contributed by atoms with E-state index in [9.17, 15) is 23.1 Å². The number of hydrogen-bond acceptors (Lipinski definition) is 3. The second kappa shape index (κ2) is 7.80. The molecule has 8 heteroatoms. The van der Waals surface area contributed by atoms with Gasteiger partial charge in [-0.15, -0.1) is 12.4 Å². The normalized spacial score (nSPS) is 21.3. The summed E-state index contributed by atoms with van der Waals surface area (Å²) < 4.78 is 38.4. The lowest BCUT2D eigenvalue weighted by Gasteiger charge is -2.15. The van der Waals surface area contributed by atoms with Crippen molar-refractivity contribution >= 4 is 18.3 Å². The first-order valence-electron chi connectivity index (χ1n) is 6.68. The minimum atomic E-state index is -4.47. The Morgan fingerprint density at radius 3 is 2.59 bits per heavy atom. The molecule has 2 atom stereocenters. The summed E-state index contributed by atoms with van der Waals surface area (Å²) in [6.07, 6.45) is -5.33. The van der Waals surface area contributed by atoms with E-state index in [-0.39, 0.29) is 36.9 Å². The Balaban J connectivity index is 0.00000242. The van der Waals surface area contributed by atoms with Crippen LogP contribution in [-0.4, -0.2) is 36.8 Å². The highest BCUT2D eigenvalue weighted by Crippen LogP contribution is 2.31. The molecule has 1 amide bonds. The predicted octanol–water partition coefficient (Wildman–Crippen LogP) is 1.37. The molecule has 1 fully saturated rings. The second-order valence-electron chi connectivity index (χ2n) is 5.12. The van der Waals surface area contributed by atoms with Crippen molar-refractivity contribution < 1.29 is 23.1 Å². The Morgan fingerprint density at radius 2 is 2.00 bits per heavy atom. The Hall–Kier alpha value is -1.31. The van der Waals surface area contributed by atoms with Gasteiger partial charge in [0.25, 0.3) is 0 Å². The molecule has 0 spiro atoms. The van der Waals surface area contributed by atoms with Crippen molar-refractivity contribution in [2.24, 2.45) is 5.92 Å². The molecule has 1 aromatic rings.